The van der Waals surface area contributed by atoms with Crippen molar-refractivity contribution < 1.29 is 33.7 Å². The molecule has 2 saturated heterocycles. The van der Waals surface area contributed by atoms with E-state index in [1.54, 1.807) is 13.0 Å². The predicted molar refractivity (Wildman–Crippen MR) is 101 cm³/mol. The Bertz CT molecular complexity index is 924. The molecule has 3 heterocycles. The smallest absolute Gasteiger partial charge is 0.346 e. The maximum atomic E-state index is 14.9. The summed E-state index contributed by atoms with van der Waals surface area (Å²) in [6.07, 6.45) is 0. The van der Waals surface area contributed by atoms with Crippen molar-refractivity contribution in [3.63, 3.8) is 0 Å². The molecule has 2 atom stereocenters. The summed E-state index contributed by atoms with van der Waals surface area (Å²) in [7, 11) is 0. The Morgan fingerprint density at radius 3 is 2.54 bits per heavy atom. The number of benzene rings is 1. The molecule has 9 heteroatoms. The van der Waals surface area contributed by atoms with E-state index in [0.717, 1.165) is 9.80 Å². The maximum absolute atomic E-state index is 14.9. The van der Waals surface area contributed by atoms with Gasteiger partial charge in [-0.3, -0.25) is 24.3 Å². The number of carboxylic acids is 1. The average Bonchev–Trinajstić information content (AvgIpc) is 2.61. The van der Waals surface area contributed by atoms with Crippen LogP contribution in [0.5, 0.6) is 0 Å². The van der Waals surface area contributed by atoms with Crippen molar-refractivity contribution in [2.24, 2.45) is 0 Å². The predicted octanol–water partition coefficient (Wildman–Crippen LogP) is -0.652. The number of quaternary nitrogens is 2. The first kappa shape index (κ1) is 19.3. The van der Waals surface area contributed by atoms with Crippen LogP contribution in [0.15, 0.2) is 22.7 Å². The molecular weight excluding hydrogens is 385 g/mol. The van der Waals surface area contributed by atoms with Gasteiger partial charge in [0.2, 0.25) is 5.78 Å². The van der Waals surface area contributed by atoms with E-state index in [1.807, 2.05) is 6.92 Å². The molecule has 148 valence electrons. The molecule has 3 N–H and O–H groups in total. The zero-order valence-electron chi connectivity index (χ0n) is 15.7. The third kappa shape index (κ3) is 3.08. The summed E-state index contributed by atoms with van der Waals surface area (Å²) in [5.41, 5.74) is 1.05. The lowest BCUT2D eigenvalue weighted by Gasteiger charge is -2.39. The molecule has 0 amide bonds. The van der Waals surface area contributed by atoms with Gasteiger partial charge in [0.25, 0.3) is 0 Å². The lowest BCUT2D eigenvalue weighted by molar-refractivity contribution is -0.840. The van der Waals surface area contributed by atoms with E-state index in [4.69, 9.17) is 0 Å². The van der Waals surface area contributed by atoms with Gasteiger partial charge < -0.3 is 5.11 Å². The van der Waals surface area contributed by atoms with Gasteiger partial charge in [0.15, 0.2) is 33.2 Å². The van der Waals surface area contributed by atoms with Gasteiger partial charge in [-0.2, -0.15) is 0 Å². The van der Waals surface area contributed by atoms with E-state index in [2.05, 4.69) is 4.90 Å². The molecule has 0 aromatic heterocycles. The second kappa shape index (κ2) is 7.07. The number of piperazine rings is 1. The molecule has 0 aliphatic carbocycles. The van der Waals surface area contributed by atoms with Crippen LogP contribution in [0.25, 0.3) is 0 Å². The van der Waals surface area contributed by atoms with Gasteiger partial charge in [0, 0.05) is 13.1 Å². The number of rotatable bonds is 4. The zero-order valence-corrected chi connectivity index (χ0v) is 16.5. The minimum atomic E-state index is -1.26. The number of carboxylic acid groups (broad SMARTS) is 1. The SMILES string of the molecule is CC(=O)CN1CC[NH+](c2cc3c(cc2F)C(=O)C(C(=O)O)=C2SC(C)[NH+]23)CC1. The molecule has 4 rings (SSSR count). The van der Waals surface area contributed by atoms with Crippen LogP contribution in [0, 0.1) is 5.82 Å². The van der Waals surface area contributed by atoms with Crippen molar-refractivity contribution in [2.75, 3.05) is 32.7 Å². The van der Waals surface area contributed by atoms with E-state index in [-0.39, 0.29) is 22.3 Å². The summed E-state index contributed by atoms with van der Waals surface area (Å²) >= 11 is 1.37. The molecule has 2 unspecified atom stereocenters. The number of thioether (sulfide) groups is 1. The fourth-order valence-electron chi connectivity index (χ4n) is 4.21. The number of fused-ring (bicyclic) bond motifs is 3. The Morgan fingerprint density at radius 1 is 1.29 bits per heavy atom. The number of nitrogens with one attached hydrogen (secondary N) is 2. The molecule has 0 spiro atoms. The summed E-state index contributed by atoms with van der Waals surface area (Å²) < 4.78 is 14.9. The Morgan fingerprint density at radius 2 is 1.96 bits per heavy atom. The van der Waals surface area contributed by atoms with Crippen LogP contribution in [-0.2, 0) is 9.59 Å². The normalized spacial score (nSPS) is 25.2. The van der Waals surface area contributed by atoms with E-state index in [1.165, 1.54) is 17.8 Å². The number of Topliss-reactive ketones (excluding diaryl/α,β-unsaturated/α-hetero) is 2. The molecule has 2 fully saturated rings. The van der Waals surface area contributed by atoms with Gasteiger partial charge in [0.05, 0.1) is 31.3 Å². The number of carbonyl (C=O) groups is 3. The molecular formula is C19H22FN3O4S+2. The fourth-order valence-corrected chi connectivity index (χ4v) is 5.45. The van der Waals surface area contributed by atoms with Crippen molar-refractivity contribution in [2.45, 2.75) is 19.2 Å². The van der Waals surface area contributed by atoms with Gasteiger partial charge in [-0.25, -0.2) is 9.18 Å². The lowest BCUT2D eigenvalue weighted by atomic mass is 9.96. The number of ketones is 2. The highest BCUT2D eigenvalue weighted by molar-refractivity contribution is 8.04. The highest BCUT2D eigenvalue weighted by Crippen LogP contribution is 2.37. The molecule has 1 aromatic rings. The van der Waals surface area contributed by atoms with Crippen molar-refractivity contribution in [1.29, 1.82) is 0 Å². The van der Waals surface area contributed by atoms with Gasteiger partial charge >= 0.3 is 5.97 Å². The summed E-state index contributed by atoms with van der Waals surface area (Å²) in [6.45, 7) is 6.65. The Labute approximate surface area is 165 Å². The highest BCUT2D eigenvalue weighted by Gasteiger charge is 2.51. The monoisotopic (exact) mass is 407 g/mol. The summed E-state index contributed by atoms with van der Waals surface area (Å²) in [5.74, 6) is -2.26. The summed E-state index contributed by atoms with van der Waals surface area (Å²) in [4.78, 5) is 39.4. The first-order valence-corrected chi connectivity index (χ1v) is 10.1. The lowest BCUT2D eigenvalue weighted by Crippen LogP contribution is -3.14. The van der Waals surface area contributed by atoms with Crippen LogP contribution < -0.4 is 9.80 Å². The van der Waals surface area contributed by atoms with Gasteiger partial charge in [-0.05, 0) is 31.7 Å². The Balaban J connectivity index is 1.65. The first-order chi connectivity index (χ1) is 13.3. The van der Waals surface area contributed by atoms with Crippen LogP contribution in [0.1, 0.15) is 24.2 Å². The molecule has 7 nitrogen and oxygen atoms in total. The van der Waals surface area contributed by atoms with Crippen molar-refractivity contribution >= 4 is 40.7 Å². The third-order valence-corrected chi connectivity index (χ3v) is 6.79. The second-order valence-corrected chi connectivity index (χ2v) is 8.82. The molecule has 3 aliphatic heterocycles. The van der Waals surface area contributed by atoms with E-state index in [0.29, 0.717) is 49.1 Å². The quantitative estimate of drug-likeness (QED) is 0.576. The minimum Gasteiger partial charge on any atom is -0.477 e. The van der Waals surface area contributed by atoms with E-state index in [9.17, 15) is 23.9 Å². The molecule has 0 bridgehead atoms. The van der Waals surface area contributed by atoms with E-state index >= 15 is 0 Å². The highest BCUT2D eigenvalue weighted by atomic mass is 32.2. The minimum absolute atomic E-state index is 0.0666. The number of hydrogen-bond acceptors (Lipinski definition) is 5. The second-order valence-electron chi connectivity index (χ2n) is 7.47. The number of nitrogens with zero attached hydrogens (tertiary/aromatic N) is 1. The zero-order chi connectivity index (χ0) is 20.2. The first-order valence-electron chi connectivity index (χ1n) is 9.24. The maximum Gasteiger partial charge on any atom is 0.346 e. The van der Waals surface area contributed by atoms with Crippen molar-refractivity contribution in [3.8, 4) is 0 Å². The van der Waals surface area contributed by atoms with Crippen LogP contribution in [0.3, 0.4) is 0 Å². The summed E-state index contributed by atoms with van der Waals surface area (Å²) in [5, 5.41) is 10.0. The third-order valence-electron chi connectivity index (χ3n) is 5.54. The van der Waals surface area contributed by atoms with Gasteiger partial charge in [0.1, 0.15) is 5.78 Å². The largest absolute Gasteiger partial charge is 0.477 e. The van der Waals surface area contributed by atoms with E-state index < -0.39 is 17.6 Å². The van der Waals surface area contributed by atoms with Crippen molar-refractivity contribution in [3.05, 3.63) is 34.1 Å². The standard InChI is InChI=1S/C19H20FN3O4S/c1-10(24)9-21-3-5-22(6-4-21)15-8-14-12(7-13(15)20)17(25)16(19(26)27)18-23(14)11(2)28-18/h7-8,11H,3-6,9H2,1-2H3,(H,26,27)/p+2. The Kier molecular flexibility index (Phi) is 4.86. The number of halogens is 1. The fraction of sp³-hybridized carbons (Fsp3) is 0.421. The van der Waals surface area contributed by atoms with Gasteiger partial charge in [-0.15, -0.1) is 0 Å². The van der Waals surface area contributed by atoms with Crippen LogP contribution >= 0.6 is 11.8 Å². The number of aliphatic carboxylic acids is 1. The molecule has 3 aliphatic rings. The number of hydrogen-bond donors (Lipinski definition) is 3. The molecule has 28 heavy (non-hydrogen) atoms. The molecule has 0 radical (unpaired) electrons. The van der Waals surface area contributed by atoms with Gasteiger partial charge in [-0.1, -0.05) is 0 Å². The number of carbonyl (C=O) groups excluding carboxylic acids is 2. The molecule has 1 aromatic carbocycles. The molecule has 0 saturated carbocycles. The van der Waals surface area contributed by atoms with Crippen LogP contribution in [0.2, 0.25) is 0 Å². The van der Waals surface area contributed by atoms with Crippen LogP contribution in [0.4, 0.5) is 15.8 Å². The van der Waals surface area contributed by atoms with Crippen molar-refractivity contribution in [1.82, 2.24) is 4.90 Å². The Hall–Kier alpha value is -2.07. The van der Waals surface area contributed by atoms with Crippen LogP contribution in [-0.4, -0.2) is 65.6 Å². The average molecular weight is 407 g/mol. The topological polar surface area (TPSA) is 83.6 Å². The summed E-state index contributed by atoms with van der Waals surface area (Å²) in [6, 6.07) is 2.92.